The third kappa shape index (κ3) is 5.57. The lowest BCUT2D eigenvalue weighted by molar-refractivity contribution is 0.0600. The van der Waals surface area contributed by atoms with Crippen molar-refractivity contribution in [2.75, 3.05) is 25.5 Å². The molecular weight excluding hydrogens is 354 g/mol. The van der Waals surface area contributed by atoms with Gasteiger partial charge in [-0.1, -0.05) is 36.8 Å². The van der Waals surface area contributed by atoms with Gasteiger partial charge >= 0.3 is 12.0 Å². The van der Waals surface area contributed by atoms with Crippen molar-refractivity contribution < 1.29 is 14.3 Å². The molecule has 1 saturated heterocycles. The number of carbonyl (C=O) groups excluding carboxylic acids is 2. The van der Waals surface area contributed by atoms with Gasteiger partial charge in [0.1, 0.15) is 0 Å². The molecule has 1 unspecified atom stereocenters. The minimum absolute atomic E-state index is 0.190. The number of anilines is 1. The average Bonchev–Trinajstić information content (AvgIpc) is 2.73. The van der Waals surface area contributed by atoms with Gasteiger partial charge in [0.2, 0.25) is 0 Å². The number of benzene rings is 2. The highest BCUT2D eigenvalue weighted by molar-refractivity contribution is 5.89. The van der Waals surface area contributed by atoms with Crippen molar-refractivity contribution in [3.05, 3.63) is 65.7 Å². The largest absolute Gasteiger partial charge is 0.465 e. The summed E-state index contributed by atoms with van der Waals surface area (Å²) < 4.78 is 4.81. The number of esters is 1. The Morgan fingerprint density at radius 1 is 1.11 bits per heavy atom. The van der Waals surface area contributed by atoms with Gasteiger partial charge in [0.05, 0.1) is 12.7 Å². The van der Waals surface area contributed by atoms with E-state index in [-0.39, 0.29) is 18.0 Å². The molecule has 28 heavy (non-hydrogen) atoms. The summed E-state index contributed by atoms with van der Waals surface area (Å²) in [6.07, 6.45) is 3.34. The van der Waals surface area contributed by atoms with E-state index in [2.05, 4.69) is 15.5 Å². The van der Waals surface area contributed by atoms with E-state index in [9.17, 15) is 9.59 Å². The highest BCUT2D eigenvalue weighted by Gasteiger charge is 2.23. The van der Waals surface area contributed by atoms with Crippen molar-refractivity contribution in [2.24, 2.45) is 0 Å². The number of urea groups is 1. The Morgan fingerprint density at radius 3 is 2.71 bits per heavy atom. The van der Waals surface area contributed by atoms with Crippen LogP contribution in [0.5, 0.6) is 0 Å². The molecule has 0 bridgehead atoms. The topological polar surface area (TPSA) is 70.7 Å². The van der Waals surface area contributed by atoms with Crippen LogP contribution < -0.4 is 10.6 Å². The second-order valence-corrected chi connectivity index (χ2v) is 7.01. The van der Waals surface area contributed by atoms with Gasteiger partial charge < -0.3 is 15.4 Å². The lowest BCUT2D eigenvalue weighted by Crippen LogP contribution is -2.47. The number of rotatable bonds is 6. The first kappa shape index (κ1) is 19.9. The molecule has 1 aliphatic rings. The molecule has 148 valence electrons. The summed E-state index contributed by atoms with van der Waals surface area (Å²) in [6.45, 7) is 2.32. The first-order chi connectivity index (χ1) is 13.7. The summed E-state index contributed by atoms with van der Waals surface area (Å²) in [5.74, 6) is -0.323. The third-order valence-corrected chi connectivity index (χ3v) is 5.01. The van der Waals surface area contributed by atoms with Crippen LogP contribution in [0.3, 0.4) is 0 Å². The molecule has 2 N–H and O–H groups in total. The van der Waals surface area contributed by atoms with E-state index in [1.54, 1.807) is 6.07 Å². The molecule has 1 aliphatic heterocycles. The number of para-hydroxylation sites is 1. The van der Waals surface area contributed by atoms with Crippen molar-refractivity contribution in [1.29, 1.82) is 0 Å². The number of methoxy groups -OCH3 is 1. The molecular formula is C22H27N3O3. The number of hydrogen-bond donors (Lipinski definition) is 2. The Balaban J connectivity index is 1.56. The first-order valence-electron chi connectivity index (χ1n) is 9.67. The van der Waals surface area contributed by atoms with Crippen LogP contribution >= 0.6 is 0 Å². The zero-order valence-electron chi connectivity index (χ0n) is 16.2. The second-order valence-electron chi connectivity index (χ2n) is 7.01. The molecule has 2 aromatic carbocycles. The smallest absolute Gasteiger partial charge is 0.337 e. The summed E-state index contributed by atoms with van der Waals surface area (Å²) in [7, 11) is 1.39. The minimum atomic E-state index is -0.323. The number of amides is 2. The summed E-state index contributed by atoms with van der Waals surface area (Å²) in [5, 5.41) is 5.84. The van der Waals surface area contributed by atoms with E-state index in [0.717, 1.165) is 43.6 Å². The SMILES string of the molecule is COC(=O)c1cccc(CN2CCCCC2CNC(=O)Nc2ccccc2)c1. The van der Waals surface area contributed by atoms with E-state index in [0.29, 0.717) is 12.1 Å². The number of nitrogens with zero attached hydrogens (tertiary/aromatic N) is 1. The number of ether oxygens (including phenoxy) is 1. The minimum Gasteiger partial charge on any atom is -0.465 e. The van der Waals surface area contributed by atoms with Crippen molar-refractivity contribution in [3.8, 4) is 0 Å². The quantitative estimate of drug-likeness (QED) is 0.750. The fraction of sp³-hybridized carbons (Fsp3) is 0.364. The molecule has 1 heterocycles. The van der Waals surface area contributed by atoms with Gasteiger partial charge in [-0.05, 0) is 49.2 Å². The van der Waals surface area contributed by atoms with Gasteiger partial charge in [-0.15, -0.1) is 0 Å². The molecule has 0 aromatic heterocycles. The summed E-state index contributed by atoms with van der Waals surface area (Å²) in [6, 6.07) is 17.0. The van der Waals surface area contributed by atoms with E-state index in [1.807, 2.05) is 48.5 Å². The van der Waals surface area contributed by atoms with Crippen molar-refractivity contribution in [1.82, 2.24) is 10.2 Å². The van der Waals surface area contributed by atoms with E-state index in [1.165, 1.54) is 7.11 Å². The highest BCUT2D eigenvalue weighted by Crippen LogP contribution is 2.20. The van der Waals surface area contributed by atoms with Gasteiger partial charge in [0.15, 0.2) is 0 Å². The van der Waals surface area contributed by atoms with E-state index < -0.39 is 0 Å². The standard InChI is InChI=1S/C22H27N3O3/c1-28-21(26)18-9-7-8-17(14-18)16-25-13-6-5-12-20(25)15-23-22(27)24-19-10-3-2-4-11-19/h2-4,7-11,14,20H,5-6,12-13,15-16H2,1H3,(H2,23,24,27). The molecule has 1 fully saturated rings. The van der Waals surface area contributed by atoms with Crippen LogP contribution in [0.2, 0.25) is 0 Å². The number of nitrogens with one attached hydrogen (secondary N) is 2. The zero-order valence-corrected chi connectivity index (χ0v) is 16.2. The van der Waals surface area contributed by atoms with Gasteiger partial charge in [-0.3, -0.25) is 4.90 Å². The van der Waals surface area contributed by atoms with Gasteiger partial charge in [-0.25, -0.2) is 9.59 Å². The van der Waals surface area contributed by atoms with Crippen LogP contribution in [-0.4, -0.2) is 43.1 Å². The number of hydrogen-bond acceptors (Lipinski definition) is 4. The predicted octanol–water partition coefficient (Wildman–Crippen LogP) is 3.65. The van der Waals surface area contributed by atoms with Crippen molar-refractivity contribution in [3.63, 3.8) is 0 Å². The number of carbonyl (C=O) groups is 2. The first-order valence-corrected chi connectivity index (χ1v) is 9.67. The van der Waals surface area contributed by atoms with E-state index >= 15 is 0 Å². The Labute approximate surface area is 165 Å². The lowest BCUT2D eigenvalue weighted by Gasteiger charge is -2.36. The summed E-state index contributed by atoms with van der Waals surface area (Å²) in [5.41, 5.74) is 2.41. The van der Waals surface area contributed by atoms with Crippen LogP contribution in [0.4, 0.5) is 10.5 Å². The second kappa shape index (κ2) is 9.90. The fourth-order valence-electron chi connectivity index (χ4n) is 3.56. The third-order valence-electron chi connectivity index (χ3n) is 5.01. The van der Waals surface area contributed by atoms with Crippen LogP contribution in [0.25, 0.3) is 0 Å². The molecule has 2 aromatic rings. The van der Waals surface area contributed by atoms with Crippen molar-refractivity contribution in [2.45, 2.75) is 31.8 Å². The lowest BCUT2D eigenvalue weighted by atomic mass is 10.0. The fourth-order valence-corrected chi connectivity index (χ4v) is 3.56. The maximum absolute atomic E-state index is 12.2. The van der Waals surface area contributed by atoms with Crippen LogP contribution in [0.1, 0.15) is 35.2 Å². The Bertz CT molecular complexity index is 795. The van der Waals surface area contributed by atoms with Gasteiger partial charge in [0, 0.05) is 24.8 Å². The Morgan fingerprint density at radius 2 is 1.93 bits per heavy atom. The normalized spacial score (nSPS) is 17.0. The highest BCUT2D eigenvalue weighted by atomic mass is 16.5. The zero-order chi connectivity index (χ0) is 19.8. The van der Waals surface area contributed by atoms with Crippen LogP contribution in [0, 0.1) is 0 Å². The Hall–Kier alpha value is -2.86. The monoisotopic (exact) mass is 381 g/mol. The Kier molecular flexibility index (Phi) is 7.03. The average molecular weight is 381 g/mol. The predicted molar refractivity (Wildman–Crippen MR) is 109 cm³/mol. The van der Waals surface area contributed by atoms with Crippen LogP contribution in [-0.2, 0) is 11.3 Å². The summed E-state index contributed by atoms with van der Waals surface area (Å²) in [4.78, 5) is 26.3. The molecule has 3 rings (SSSR count). The maximum Gasteiger partial charge on any atom is 0.337 e. The number of piperidine rings is 1. The van der Waals surface area contributed by atoms with Gasteiger partial charge in [0.25, 0.3) is 0 Å². The number of likely N-dealkylation sites (tertiary alicyclic amines) is 1. The molecule has 0 radical (unpaired) electrons. The molecule has 0 spiro atoms. The molecule has 0 aliphatic carbocycles. The maximum atomic E-state index is 12.2. The summed E-state index contributed by atoms with van der Waals surface area (Å²) >= 11 is 0. The molecule has 1 atom stereocenters. The van der Waals surface area contributed by atoms with E-state index in [4.69, 9.17) is 4.74 Å². The van der Waals surface area contributed by atoms with Crippen LogP contribution in [0.15, 0.2) is 54.6 Å². The molecule has 6 nitrogen and oxygen atoms in total. The molecule has 0 saturated carbocycles. The van der Waals surface area contributed by atoms with Crippen molar-refractivity contribution >= 4 is 17.7 Å². The molecule has 2 amide bonds. The van der Waals surface area contributed by atoms with Gasteiger partial charge in [-0.2, -0.15) is 0 Å². The molecule has 6 heteroatoms.